The van der Waals surface area contributed by atoms with E-state index in [0.29, 0.717) is 35.2 Å². The number of carbonyl (C=O) groups excluding carboxylic acids is 2. The van der Waals surface area contributed by atoms with Crippen LogP contribution in [-0.2, 0) is 9.59 Å². The number of halogens is 1. The molecule has 1 atom stereocenters. The van der Waals surface area contributed by atoms with Crippen LogP contribution in [0.15, 0.2) is 48.0 Å². The number of aliphatic hydroxyl groups excluding tert-OH is 1. The summed E-state index contributed by atoms with van der Waals surface area (Å²) < 4.78 is 5.18. The van der Waals surface area contributed by atoms with Crippen molar-refractivity contribution >= 4 is 29.1 Å². The molecular weight excluding hydrogens is 440 g/mol. The van der Waals surface area contributed by atoms with Crippen LogP contribution in [0.1, 0.15) is 48.9 Å². The average Bonchev–Trinajstić information content (AvgIpc) is 3.03. The molecule has 33 heavy (non-hydrogen) atoms. The number of benzene rings is 2. The van der Waals surface area contributed by atoms with Crippen LogP contribution in [-0.4, -0.2) is 60.9 Å². The number of amides is 1. The summed E-state index contributed by atoms with van der Waals surface area (Å²) >= 11 is 6.25. The third kappa shape index (κ3) is 5.23. The lowest BCUT2D eigenvalue weighted by atomic mass is 9.93. The highest BCUT2D eigenvalue weighted by Crippen LogP contribution is 2.40. The van der Waals surface area contributed by atoms with E-state index in [4.69, 9.17) is 16.3 Å². The first-order valence-corrected chi connectivity index (χ1v) is 11.4. The first-order chi connectivity index (χ1) is 15.6. The summed E-state index contributed by atoms with van der Waals surface area (Å²) in [4.78, 5) is 29.7. The fourth-order valence-electron chi connectivity index (χ4n) is 4.05. The maximum absolute atomic E-state index is 13.1. The third-order valence-electron chi connectivity index (χ3n) is 5.89. The van der Waals surface area contributed by atoms with Crippen LogP contribution in [0.5, 0.6) is 5.75 Å². The van der Waals surface area contributed by atoms with Gasteiger partial charge in [-0.1, -0.05) is 49.7 Å². The smallest absolute Gasteiger partial charge is 0.295 e. The van der Waals surface area contributed by atoms with E-state index in [1.807, 2.05) is 43.3 Å². The van der Waals surface area contributed by atoms with Crippen LogP contribution in [0.4, 0.5) is 0 Å². The Kier molecular flexibility index (Phi) is 7.82. The van der Waals surface area contributed by atoms with Gasteiger partial charge < -0.3 is 19.6 Å². The van der Waals surface area contributed by atoms with Crippen LogP contribution in [0.25, 0.3) is 5.76 Å². The summed E-state index contributed by atoms with van der Waals surface area (Å²) in [5, 5.41) is 11.5. The number of aliphatic hydroxyl groups is 1. The van der Waals surface area contributed by atoms with Gasteiger partial charge in [-0.3, -0.25) is 9.59 Å². The minimum absolute atomic E-state index is 0.0726. The van der Waals surface area contributed by atoms with Crippen molar-refractivity contribution in [1.29, 1.82) is 0 Å². The molecule has 3 rings (SSSR count). The van der Waals surface area contributed by atoms with Crippen molar-refractivity contribution in [1.82, 2.24) is 9.80 Å². The second-order valence-corrected chi connectivity index (χ2v) is 9.23. The van der Waals surface area contributed by atoms with Crippen molar-refractivity contribution in [3.05, 3.63) is 69.8 Å². The molecule has 1 fully saturated rings. The second kappa shape index (κ2) is 10.4. The number of hydrogen-bond donors (Lipinski definition) is 1. The highest BCUT2D eigenvalue weighted by atomic mass is 35.5. The van der Waals surface area contributed by atoms with Crippen LogP contribution >= 0.6 is 11.6 Å². The molecule has 0 spiro atoms. The molecule has 0 aromatic heterocycles. The van der Waals surface area contributed by atoms with Gasteiger partial charge in [0, 0.05) is 12.1 Å². The van der Waals surface area contributed by atoms with E-state index in [2.05, 4.69) is 13.8 Å². The molecule has 1 aliphatic rings. The van der Waals surface area contributed by atoms with E-state index in [1.54, 1.807) is 17.0 Å². The standard InChI is InChI=1S/C26H31ClN2O4/c1-16(2)17-7-9-18(10-8-17)23-22(24(30)19-11-12-21(33-5)20(27)15-19)25(31)26(32)29(23)14-6-13-28(3)4/h7-12,15-16,23,30H,6,13-14H2,1-5H3/b24-22+/t23-/m0/s1. The zero-order chi connectivity index (χ0) is 24.3. The van der Waals surface area contributed by atoms with Crippen LogP contribution < -0.4 is 4.74 Å². The van der Waals surface area contributed by atoms with E-state index in [-0.39, 0.29) is 11.3 Å². The Morgan fingerprint density at radius 1 is 1.15 bits per heavy atom. The molecule has 0 radical (unpaired) electrons. The lowest BCUT2D eigenvalue weighted by molar-refractivity contribution is -0.139. The van der Waals surface area contributed by atoms with Gasteiger partial charge in [-0.25, -0.2) is 0 Å². The molecule has 1 N–H and O–H groups in total. The van der Waals surface area contributed by atoms with Gasteiger partial charge in [-0.05, 0) is 62.3 Å². The molecule has 2 aromatic carbocycles. The molecule has 1 amide bonds. The number of ether oxygens (including phenoxy) is 1. The van der Waals surface area contributed by atoms with Gasteiger partial charge in [-0.2, -0.15) is 0 Å². The molecule has 0 aliphatic carbocycles. The number of carbonyl (C=O) groups is 2. The summed E-state index contributed by atoms with van der Waals surface area (Å²) in [6.07, 6.45) is 0.703. The van der Waals surface area contributed by atoms with Crippen molar-refractivity contribution < 1.29 is 19.4 Å². The molecule has 1 aliphatic heterocycles. The molecular formula is C26H31ClN2O4. The van der Waals surface area contributed by atoms with Gasteiger partial charge in [0.25, 0.3) is 11.7 Å². The highest BCUT2D eigenvalue weighted by Gasteiger charge is 2.45. The molecule has 176 valence electrons. The van der Waals surface area contributed by atoms with Crippen molar-refractivity contribution in [2.24, 2.45) is 0 Å². The lowest BCUT2D eigenvalue weighted by Gasteiger charge is -2.26. The summed E-state index contributed by atoms with van der Waals surface area (Å²) in [5.74, 6) is -0.730. The highest BCUT2D eigenvalue weighted by molar-refractivity contribution is 6.46. The lowest BCUT2D eigenvalue weighted by Crippen LogP contribution is -2.32. The number of methoxy groups -OCH3 is 1. The first kappa shape index (κ1) is 24.8. The Morgan fingerprint density at radius 3 is 2.36 bits per heavy atom. The molecule has 2 aromatic rings. The third-order valence-corrected chi connectivity index (χ3v) is 6.18. The van der Waals surface area contributed by atoms with E-state index >= 15 is 0 Å². The summed E-state index contributed by atoms with van der Waals surface area (Å²) in [7, 11) is 5.42. The average molecular weight is 471 g/mol. The molecule has 0 bridgehead atoms. The summed E-state index contributed by atoms with van der Waals surface area (Å²) in [5.41, 5.74) is 2.37. The van der Waals surface area contributed by atoms with Crippen molar-refractivity contribution in [3.8, 4) is 5.75 Å². The number of hydrogen-bond acceptors (Lipinski definition) is 5. The minimum Gasteiger partial charge on any atom is -0.507 e. The fraction of sp³-hybridized carbons (Fsp3) is 0.385. The number of ketones is 1. The zero-order valence-electron chi connectivity index (χ0n) is 19.8. The first-order valence-electron chi connectivity index (χ1n) is 11.0. The van der Waals surface area contributed by atoms with Crippen LogP contribution in [0.2, 0.25) is 5.02 Å². The Hall–Kier alpha value is -2.83. The molecule has 1 saturated heterocycles. The molecule has 0 saturated carbocycles. The molecule has 1 heterocycles. The molecule has 6 nitrogen and oxygen atoms in total. The van der Waals surface area contributed by atoms with Crippen LogP contribution in [0, 0.1) is 0 Å². The second-order valence-electron chi connectivity index (χ2n) is 8.82. The number of likely N-dealkylation sites (tertiary alicyclic amines) is 1. The van der Waals surface area contributed by atoms with E-state index in [9.17, 15) is 14.7 Å². The van der Waals surface area contributed by atoms with Crippen molar-refractivity contribution in [3.63, 3.8) is 0 Å². The Bertz CT molecular complexity index is 1060. The molecule has 7 heteroatoms. The maximum atomic E-state index is 13.1. The Balaban J connectivity index is 2.10. The predicted molar refractivity (Wildman–Crippen MR) is 131 cm³/mol. The summed E-state index contributed by atoms with van der Waals surface area (Å²) in [6, 6.07) is 12.0. The normalized spacial score (nSPS) is 17.9. The monoisotopic (exact) mass is 470 g/mol. The van der Waals surface area contributed by atoms with E-state index in [0.717, 1.165) is 17.7 Å². The quantitative estimate of drug-likeness (QED) is 0.339. The topological polar surface area (TPSA) is 70.1 Å². The van der Waals surface area contributed by atoms with Gasteiger partial charge in [0.1, 0.15) is 11.5 Å². The van der Waals surface area contributed by atoms with Crippen molar-refractivity contribution in [2.45, 2.75) is 32.2 Å². The molecule has 0 unspecified atom stereocenters. The van der Waals surface area contributed by atoms with Gasteiger partial charge >= 0.3 is 0 Å². The Labute approximate surface area is 200 Å². The maximum Gasteiger partial charge on any atom is 0.295 e. The van der Waals surface area contributed by atoms with E-state index < -0.39 is 17.7 Å². The number of Topliss-reactive ketones (excluding diaryl/α,β-unsaturated/α-hetero) is 1. The van der Waals surface area contributed by atoms with E-state index in [1.165, 1.54) is 13.2 Å². The van der Waals surface area contributed by atoms with Gasteiger partial charge in [0.2, 0.25) is 0 Å². The number of nitrogens with zero attached hydrogens (tertiary/aromatic N) is 2. The van der Waals surface area contributed by atoms with Gasteiger partial charge in [0.15, 0.2) is 0 Å². The SMILES string of the molecule is COc1ccc(/C(O)=C2\C(=O)C(=O)N(CCCN(C)C)[C@H]2c2ccc(C(C)C)cc2)cc1Cl. The zero-order valence-corrected chi connectivity index (χ0v) is 20.5. The predicted octanol–water partition coefficient (Wildman–Crippen LogP) is 4.85. The fourth-order valence-corrected chi connectivity index (χ4v) is 4.30. The van der Waals surface area contributed by atoms with Crippen molar-refractivity contribution in [2.75, 3.05) is 34.3 Å². The largest absolute Gasteiger partial charge is 0.507 e. The van der Waals surface area contributed by atoms with Crippen LogP contribution in [0.3, 0.4) is 0 Å². The van der Waals surface area contributed by atoms with Gasteiger partial charge in [-0.15, -0.1) is 0 Å². The number of rotatable bonds is 8. The summed E-state index contributed by atoms with van der Waals surface area (Å²) in [6.45, 7) is 5.39. The minimum atomic E-state index is -0.692. The van der Waals surface area contributed by atoms with Gasteiger partial charge in [0.05, 0.1) is 23.7 Å². The Morgan fingerprint density at radius 2 is 1.82 bits per heavy atom.